The summed E-state index contributed by atoms with van der Waals surface area (Å²) in [5.41, 5.74) is 8.14. The predicted molar refractivity (Wildman–Crippen MR) is 107 cm³/mol. The molecule has 0 fully saturated rings. The number of rotatable bonds is 5. The van der Waals surface area contributed by atoms with E-state index < -0.39 is 0 Å². The molecule has 0 spiro atoms. The summed E-state index contributed by atoms with van der Waals surface area (Å²) in [4.78, 5) is 23.6. The first-order valence-electron chi connectivity index (χ1n) is 8.21. The molecule has 2 amide bonds. The van der Waals surface area contributed by atoms with E-state index in [2.05, 4.69) is 16.2 Å². The summed E-state index contributed by atoms with van der Waals surface area (Å²) in [5, 5.41) is 2.51. The number of benzene rings is 2. The van der Waals surface area contributed by atoms with Gasteiger partial charge >= 0.3 is 0 Å². The maximum Gasteiger partial charge on any atom is 0.250 e. The van der Waals surface area contributed by atoms with E-state index in [1.165, 1.54) is 6.08 Å². The number of thiocarbonyl (C=S) groups is 1. The van der Waals surface area contributed by atoms with Crippen molar-refractivity contribution in [3.8, 4) is 0 Å². The first-order chi connectivity index (χ1) is 12.5. The molecule has 0 radical (unpaired) electrons. The van der Waals surface area contributed by atoms with Crippen molar-refractivity contribution in [1.29, 1.82) is 0 Å². The van der Waals surface area contributed by atoms with E-state index in [0.29, 0.717) is 12.8 Å². The van der Waals surface area contributed by atoms with Crippen molar-refractivity contribution in [2.45, 2.75) is 19.8 Å². The number of amides is 2. The summed E-state index contributed by atoms with van der Waals surface area (Å²) in [7, 11) is 0. The van der Waals surface area contributed by atoms with Gasteiger partial charge in [-0.25, -0.2) is 0 Å². The third kappa shape index (κ3) is 7.27. The van der Waals surface area contributed by atoms with E-state index in [4.69, 9.17) is 12.2 Å². The molecule has 0 saturated carbocycles. The highest BCUT2D eigenvalue weighted by Gasteiger charge is 2.04. The van der Waals surface area contributed by atoms with E-state index in [9.17, 15) is 9.59 Å². The highest BCUT2D eigenvalue weighted by Crippen LogP contribution is 2.04. The molecule has 2 aromatic carbocycles. The van der Waals surface area contributed by atoms with E-state index in [0.717, 1.165) is 16.7 Å². The SMILES string of the molecule is Cc1ccc(/C=C/C(=O)NC(=S)NNC(=O)CCc2ccccc2)cc1. The minimum Gasteiger partial charge on any atom is -0.298 e. The van der Waals surface area contributed by atoms with Crippen molar-refractivity contribution in [1.82, 2.24) is 16.2 Å². The summed E-state index contributed by atoms with van der Waals surface area (Å²) in [6, 6.07) is 17.5. The second-order valence-corrected chi connectivity index (χ2v) is 6.13. The Morgan fingerprint density at radius 2 is 1.69 bits per heavy atom. The molecule has 0 unspecified atom stereocenters. The summed E-state index contributed by atoms with van der Waals surface area (Å²) < 4.78 is 0. The van der Waals surface area contributed by atoms with Crippen molar-refractivity contribution in [3.63, 3.8) is 0 Å². The van der Waals surface area contributed by atoms with Crippen molar-refractivity contribution in [2.75, 3.05) is 0 Å². The van der Waals surface area contributed by atoms with Crippen molar-refractivity contribution < 1.29 is 9.59 Å². The molecular formula is C20H21N3O2S. The number of carbonyl (C=O) groups is 2. The third-order valence-electron chi connectivity index (χ3n) is 3.54. The lowest BCUT2D eigenvalue weighted by atomic mass is 10.1. The minimum absolute atomic E-state index is 0.0385. The molecule has 2 aromatic rings. The van der Waals surface area contributed by atoms with Crippen LogP contribution in [0.1, 0.15) is 23.1 Å². The molecule has 6 heteroatoms. The number of carbonyl (C=O) groups excluding carboxylic acids is 2. The van der Waals surface area contributed by atoms with E-state index in [1.807, 2.05) is 61.5 Å². The molecule has 0 aliphatic heterocycles. The number of hydrazine groups is 1. The molecule has 0 aliphatic carbocycles. The highest BCUT2D eigenvalue weighted by atomic mass is 32.1. The van der Waals surface area contributed by atoms with E-state index in [1.54, 1.807) is 6.08 Å². The molecule has 26 heavy (non-hydrogen) atoms. The molecule has 3 N–H and O–H groups in total. The Balaban J connectivity index is 1.68. The lowest BCUT2D eigenvalue weighted by Crippen LogP contribution is -2.48. The van der Waals surface area contributed by atoms with Crippen LogP contribution in [0.25, 0.3) is 6.08 Å². The summed E-state index contributed by atoms with van der Waals surface area (Å²) >= 11 is 4.98. The summed E-state index contributed by atoms with van der Waals surface area (Å²) in [6.07, 6.45) is 4.03. The van der Waals surface area contributed by atoms with Gasteiger partial charge in [-0.15, -0.1) is 0 Å². The van der Waals surface area contributed by atoms with Gasteiger partial charge in [-0.05, 0) is 42.8 Å². The lowest BCUT2D eigenvalue weighted by Gasteiger charge is -2.09. The topological polar surface area (TPSA) is 70.2 Å². The van der Waals surface area contributed by atoms with Crippen LogP contribution >= 0.6 is 12.2 Å². The molecular weight excluding hydrogens is 346 g/mol. The number of hydrogen-bond acceptors (Lipinski definition) is 3. The van der Waals surface area contributed by atoms with Gasteiger partial charge in [-0.1, -0.05) is 60.2 Å². The highest BCUT2D eigenvalue weighted by molar-refractivity contribution is 7.80. The van der Waals surface area contributed by atoms with Crippen LogP contribution in [0.5, 0.6) is 0 Å². The molecule has 0 aliphatic rings. The number of nitrogens with one attached hydrogen (secondary N) is 3. The fraction of sp³-hybridized carbons (Fsp3) is 0.150. The van der Waals surface area contributed by atoms with Crippen LogP contribution in [0.2, 0.25) is 0 Å². The fourth-order valence-corrected chi connectivity index (χ4v) is 2.28. The smallest absolute Gasteiger partial charge is 0.250 e. The monoisotopic (exact) mass is 367 g/mol. The van der Waals surface area contributed by atoms with E-state index >= 15 is 0 Å². The first kappa shape index (κ1) is 19.3. The number of aryl methyl sites for hydroxylation is 2. The van der Waals surface area contributed by atoms with Crippen LogP contribution in [-0.4, -0.2) is 16.9 Å². The Hall–Kier alpha value is -2.99. The Morgan fingerprint density at radius 1 is 1.00 bits per heavy atom. The van der Waals surface area contributed by atoms with Crippen LogP contribution in [0.4, 0.5) is 0 Å². The van der Waals surface area contributed by atoms with Crippen molar-refractivity contribution in [3.05, 3.63) is 77.4 Å². The van der Waals surface area contributed by atoms with Gasteiger partial charge in [0.25, 0.3) is 0 Å². The minimum atomic E-state index is -0.374. The third-order valence-corrected chi connectivity index (χ3v) is 3.74. The maximum absolute atomic E-state index is 11.8. The standard InChI is InChI=1S/C20H21N3O2S/c1-15-7-9-17(10-8-15)11-13-18(24)21-20(26)23-22-19(25)14-12-16-5-3-2-4-6-16/h2-11,13H,12,14H2,1H3,(H,22,25)(H2,21,23,24,26)/b13-11+. The van der Waals surface area contributed by atoms with Gasteiger partial charge in [0.2, 0.25) is 11.8 Å². The van der Waals surface area contributed by atoms with Crippen LogP contribution in [0.3, 0.4) is 0 Å². The van der Waals surface area contributed by atoms with Crippen LogP contribution < -0.4 is 16.2 Å². The largest absolute Gasteiger partial charge is 0.298 e. The normalized spacial score (nSPS) is 10.3. The number of hydrogen-bond donors (Lipinski definition) is 3. The van der Waals surface area contributed by atoms with Crippen LogP contribution in [-0.2, 0) is 16.0 Å². The van der Waals surface area contributed by atoms with Gasteiger partial charge in [0.05, 0.1) is 0 Å². The van der Waals surface area contributed by atoms with E-state index in [-0.39, 0.29) is 16.9 Å². The summed E-state index contributed by atoms with van der Waals surface area (Å²) in [5.74, 6) is -0.581. The molecule has 5 nitrogen and oxygen atoms in total. The Kier molecular flexibility index (Phi) is 7.51. The average molecular weight is 367 g/mol. The quantitative estimate of drug-likeness (QED) is 0.432. The molecule has 0 atom stereocenters. The zero-order valence-corrected chi connectivity index (χ0v) is 15.3. The zero-order chi connectivity index (χ0) is 18.8. The molecule has 0 aromatic heterocycles. The lowest BCUT2D eigenvalue weighted by molar-refractivity contribution is -0.121. The Bertz CT molecular complexity index is 786. The molecule has 0 heterocycles. The fourth-order valence-electron chi connectivity index (χ4n) is 2.13. The van der Waals surface area contributed by atoms with Crippen molar-refractivity contribution >= 4 is 35.2 Å². The molecule has 2 rings (SSSR count). The van der Waals surface area contributed by atoms with Gasteiger partial charge in [0.1, 0.15) is 0 Å². The van der Waals surface area contributed by atoms with Gasteiger partial charge in [-0.2, -0.15) is 0 Å². The Labute approximate surface area is 158 Å². The second-order valence-electron chi connectivity index (χ2n) is 5.72. The molecule has 0 bridgehead atoms. The van der Waals surface area contributed by atoms with Gasteiger partial charge in [0, 0.05) is 12.5 Å². The first-order valence-corrected chi connectivity index (χ1v) is 8.62. The summed E-state index contributed by atoms with van der Waals surface area (Å²) in [6.45, 7) is 2.00. The van der Waals surface area contributed by atoms with Gasteiger partial charge < -0.3 is 0 Å². The van der Waals surface area contributed by atoms with Gasteiger partial charge in [-0.3, -0.25) is 25.8 Å². The van der Waals surface area contributed by atoms with Crippen molar-refractivity contribution in [2.24, 2.45) is 0 Å². The average Bonchev–Trinajstić information content (AvgIpc) is 2.65. The predicted octanol–water partition coefficient (Wildman–Crippen LogP) is 2.66. The Morgan fingerprint density at radius 3 is 2.38 bits per heavy atom. The zero-order valence-electron chi connectivity index (χ0n) is 14.5. The van der Waals surface area contributed by atoms with Crippen LogP contribution in [0, 0.1) is 6.92 Å². The molecule has 0 saturated heterocycles. The maximum atomic E-state index is 11.8. The van der Waals surface area contributed by atoms with Crippen LogP contribution in [0.15, 0.2) is 60.7 Å². The van der Waals surface area contributed by atoms with Gasteiger partial charge in [0.15, 0.2) is 5.11 Å². The second kappa shape index (κ2) is 10.1. The molecule has 134 valence electrons.